The highest BCUT2D eigenvalue weighted by Crippen LogP contribution is 2.29. The molecule has 0 fully saturated rings. The molecule has 4 aromatic rings. The third-order valence-electron chi connectivity index (χ3n) is 4.12. The molecule has 7 nitrogen and oxygen atoms in total. The lowest BCUT2D eigenvalue weighted by molar-refractivity contribution is -0.660. The summed E-state index contributed by atoms with van der Waals surface area (Å²) >= 11 is 1.46. The fourth-order valence-corrected chi connectivity index (χ4v) is 3.73. The number of methoxy groups -OCH3 is 1. The molecule has 0 spiro atoms. The van der Waals surface area contributed by atoms with Gasteiger partial charge in [-0.1, -0.05) is 0 Å². The summed E-state index contributed by atoms with van der Waals surface area (Å²) in [5, 5.41) is 18.7. The summed E-state index contributed by atoms with van der Waals surface area (Å²) in [5.74, 6) is 0.190. The number of aryl methyl sites for hydroxylation is 2. The van der Waals surface area contributed by atoms with Crippen LogP contribution in [0.4, 0.5) is 0 Å². The Kier molecular flexibility index (Phi) is 3.96. The molecular weight excluding hydrogens is 352 g/mol. The molecule has 0 N–H and O–H groups in total. The van der Waals surface area contributed by atoms with Crippen LogP contribution in [0.5, 0.6) is 11.7 Å². The van der Waals surface area contributed by atoms with Gasteiger partial charge in [0, 0.05) is 28.9 Å². The van der Waals surface area contributed by atoms with Gasteiger partial charge in [0.25, 0.3) is 5.69 Å². The van der Waals surface area contributed by atoms with E-state index in [1.54, 1.807) is 31.4 Å². The topological polar surface area (TPSA) is 80.0 Å². The quantitative estimate of drug-likeness (QED) is 0.517. The summed E-state index contributed by atoms with van der Waals surface area (Å²) < 4.78 is 13.6. The van der Waals surface area contributed by atoms with Crippen molar-refractivity contribution in [3.05, 3.63) is 53.2 Å². The van der Waals surface area contributed by atoms with Crippen molar-refractivity contribution in [1.29, 1.82) is 0 Å². The van der Waals surface area contributed by atoms with Crippen LogP contribution in [0.15, 0.2) is 46.3 Å². The van der Waals surface area contributed by atoms with E-state index >= 15 is 0 Å². The summed E-state index contributed by atoms with van der Waals surface area (Å²) in [4.78, 5) is 4.63. The Hall–Kier alpha value is -3.13. The zero-order valence-electron chi connectivity index (χ0n) is 14.5. The van der Waals surface area contributed by atoms with Crippen LogP contribution in [0, 0.1) is 13.8 Å². The van der Waals surface area contributed by atoms with Crippen molar-refractivity contribution in [2.24, 2.45) is 0 Å². The van der Waals surface area contributed by atoms with Crippen molar-refractivity contribution in [3.63, 3.8) is 0 Å². The average molecular weight is 368 g/mol. The molecule has 0 aliphatic heterocycles. The van der Waals surface area contributed by atoms with Crippen molar-refractivity contribution in [2.75, 3.05) is 7.11 Å². The summed E-state index contributed by atoms with van der Waals surface area (Å²) in [6, 6.07) is 11.3. The van der Waals surface area contributed by atoms with Gasteiger partial charge in [-0.25, -0.2) is 4.98 Å². The minimum Gasteiger partial charge on any atom is -0.539 e. The fraction of sp³-hybridized carbons (Fsp3) is 0.167. The first-order chi connectivity index (χ1) is 12.6. The van der Waals surface area contributed by atoms with Crippen molar-refractivity contribution >= 4 is 11.3 Å². The lowest BCUT2D eigenvalue weighted by Crippen LogP contribution is -2.34. The van der Waals surface area contributed by atoms with E-state index in [9.17, 15) is 5.11 Å². The number of hydrogen-bond acceptors (Lipinski definition) is 6. The Labute approximate surface area is 153 Å². The molecule has 0 bridgehead atoms. The van der Waals surface area contributed by atoms with Crippen molar-refractivity contribution in [1.82, 2.24) is 14.8 Å². The lowest BCUT2D eigenvalue weighted by atomic mass is 10.3. The van der Waals surface area contributed by atoms with Crippen LogP contribution in [0.1, 0.15) is 11.4 Å². The molecule has 0 aliphatic carbocycles. The zero-order chi connectivity index (χ0) is 18.3. The molecule has 26 heavy (non-hydrogen) atoms. The van der Waals surface area contributed by atoms with E-state index in [-0.39, 0.29) is 0 Å². The SMILES string of the molecule is COc1ccc(-[n+]2noc([O-])c2-c2csc(-n3c(C)ccc3C)n2)cc1. The van der Waals surface area contributed by atoms with E-state index in [1.807, 2.05) is 35.9 Å². The average Bonchev–Trinajstić information content (AvgIpc) is 3.34. The zero-order valence-corrected chi connectivity index (χ0v) is 15.3. The molecule has 0 saturated carbocycles. The van der Waals surface area contributed by atoms with Crippen LogP contribution in [-0.2, 0) is 0 Å². The molecule has 8 heteroatoms. The Morgan fingerprint density at radius 1 is 1.12 bits per heavy atom. The molecule has 1 aromatic carbocycles. The van der Waals surface area contributed by atoms with Crippen LogP contribution >= 0.6 is 11.3 Å². The van der Waals surface area contributed by atoms with Gasteiger partial charge in [-0.3, -0.25) is 4.57 Å². The molecule has 3 heterocycles. The van der Waals surface area contributed by atoms with E-state index in [0.29, 0.717) is 17.1 Å². The molecule has 0 saturated heterocycles. The van der Waals surface area contributed by atoms with E-state index in [2.05, 4.69) is 10.3 Å². The van der Waals surface area contributed by atoms with Gasteiger partial charge in [0.05, 0.1) is 12.4 Å². The molecule has 0 radical (unpaired) electrons. The normalized spacial score (nSPS) is 11.0. The first-order valence-electron chi connectivity index (χ1n) is 7.93. The van der Waals surface area contributed by atoms with Crippen LogP contribution in [0.25, 0.3) is 22.2 Å². The van der Waals surface area contributed by atoms with E-state index in [4.69, 9.17) is 9.26 Å². The van der Waals surface area contributed by atoms with Gasteiger partial charge in [0.1, 0.15) is 5.75 Å². The Bertz CT molecular complexity index is 1040. The number of benzene rings is 1. The van der Waals surface area contributed by atoms with E-state index in [0.717, 1.165) is 22.3 Å². The summed E-state index contributed by atoms with van der Waals surface area (Å²) in [6.45, 7) is 4.04. The standard InChI is InChI=1S/C18H16N4O3S/c1-11-4-5-12(2)21(11)18-19-15(10-26-18)16-17(23)25-20-22(16)13-6-8-14(24-3)9-7-13/h4-10H,1-3H3. The van der Waals surface area contributed by atoms with Crippen LogP contribution in [0.3, 0.4) is 0 Å². The molecule has 0 aliphatic rings. The second kappa shape index (κ2) is 6.30. The maximum Gasteiger partial charge on any atom is 0.289 e. The summed E-state index contributed by atoms with van der Waals surface area (Å²) in [7, 11) is 1.60. The Balaban J connectivity index is 1.78. The smallest absolute Gasteiger partial charge is 0.289 e. The predicted molar refractivity (Wildman–Crippen MR) is 93.9 cm³/mol. The second-order valence-corrected chi connectivity index (χ2v) is 6.62. The minimum absolute atomic E-state index is 0.292. The van der Waals surface area contributed by atoms with Gasteiger partial charge in [-0.05, 0) is 42.8 Å². The fourth-order valence-electron chi connectivity index (χ4n) is 2.81. The van der Waals surface area contributed by atoms with Gasteiger partial charge in [0.15, 0.2) is 16.8 Å². The van der Waals surface area contributed by atoms with Crippen molar-refractivity contribution < 1.29 is 19.0 Å². The van der Waals surface area contributed by atoms with Crippen LogP contribution in [-0.4, -0.2) is 21.9 Å². The van der Waals surface area contributed by atoms with Crippen molar-refractivity contribution in [3.8, 4) is 33.9 Å². The molecule has 0 unspecified atom stereocenters. The predicted octanol–water partition coefficient (Wildman–Crippen LogP) is 2.56. The van der Waals surface area contributed by atoms with Gasteiger partial charge >= 0.3 is 0 Å². The minimum atomic E-state index is -0.529. The highest BCUT2D eigenvalue weighted by molar-refractivity contribution is 7.12. The molecule has 0 atom stereocenters. The number of ether oxygens (including phenoxy) is 1. The number of thiazole rings is 1. The molecule has 132 valence electrons. The number of nitrogens with zero attached hydrogens (tertiary/aromatic N) is 4. The molecule has 3 aromatic heterocycles. The molecule has 0 amide bonds. The summed E-state index contributed by atoms with van der Waals surface area (Å²) in [5.41, 5.74) is 3.67. The lowest BCUT2D eigenvalue weighted by Gasteiger charge is -2.03. The van der Waals surface area contributed by atoms with Crippen LogP contribution < -0.4 is 14.5 Å². The van der Waals surface area contributed by atoms with E-state index in [1.165, 1.54) is 16.0 Å². The Morgan fingerprint density at radius 3 is 2.46 bits per heavy atom. The largest absolute Gasteiger partial charge is 0.539 e. The van der Waals surface area contributed by atoms with Gasteiger partial charge in [-0.2, -0.15) is 0 Å². The summed E-state index contributed by atoms with van der Waals surface area (Å²) in [6.07, 6.45) is 0. The molecular formula is C18H16N4O3S. The maximum atomic E-state index is 12.2. The Morgan fingerprint density at radius 2 is 1.81 bits per heavy atom. The van der Waals surface area contributed by atoms with Crippen LogP contribution in [0.2, 0.25) is 0 Å². The highest BCUT2D eigenvalue weighted by Gasteiger charge is 2.25. The monoisotopic (exact) mass is 368 g/mol. The van der Waals surface area contributed by atoms with E-state index < -0.39 is 5.95 Å². The van der Waals surface area contributed by atoms with Gasteiger partial charge in [0.2, 0.25) is 5.69 Å². The van der Waals surface area contributed by atoms with Gasteiger partial charge in [-0.15, -0.1) is 11.3 Å². The first-order valence-corrected chi connectivity index (χ1v) is 8.81. The highest BCUT2D eigenvalue weighted by atomic mass is 32.1. The van der Waals surface area contributed by atoms with Crippen molar-refractivity contribution in [2.45, 2.75) is 13.8 Å². The second-order valence-electron chi connectivity index (χ2n) is 5.79. The third-order valence-corrected chi connectivity index (χ3v) is 4.95. The number of aromatic nitrogens is 4. The third kappa shape index (κ3) is 2.64. The maximum absolute atomic E-state index is 12.2. The number of hydrogen-bond donors (Lipinski definition) is 0. The van der Waals surface area contributed by atoms with Gasteiger partial charge < -0.3 is 14.4 Å². The number of rotatable bonds is 4. The molecule has 4 rings (SSSR count). The first kappa shape index (κ1) is 16.3.